The third-order valence-electron chi connectivity index (χ3n) is 1.95. The monoisotopic (exact) mass is 169 g/mol. The first kappa shape index (κ1) is 9.29. The Bertz CT molecular complexity index is 244. The topological polar surface area (TPSA) is 59.4 Å². The first-order valence-electron chi connectivity index (χ1n) is 4.08. The van der Waals surface area contributed by atoms with Crippen LogP contribution in [0.1, 0.15) is 24.4 Å². The molecule has 0 aliphatic heterocycles. The Hall–Kier alpha value is -0.800. The molecule has 0 radical (unpaired) electrons. The maximum absolute atomic E-state index is 9.63. The zero-order chi connectivity index (χ0) is 9.14. The Morgan fingerprint density at radius 2 is 2.33 bits per heavy atom. The largest absolute Gasteiger partial charge is 0.466 e. The van der Waals surface area contributed by atoms with Gasteiger partial charge in [-0.1, -0.05) is 6.92 Å². The first-order chi connectivity index (χ1) is 5.65. The summed E-state index contributed by atoms with van der Waals surface area (Å²) in [6.45, 7) is 4.27. The molecule has 3 nitrogen and oxygen atoms in total. The van der Waals surface area contributed by atoms with E-state index in [4.69, 9.17) is 10.2 Å². The molecule has 1 aromatic rings. The fraction of sp³-hybridized carbons (Fsp3) is 0.556. The van der Waals surface area contributed by atoms with Gasteiger partial charge in [0.25, 0.3) is 0 Å². The highest BCUT2D eigenvalue weighted by Crippen LogP contribution is 2.22. The highest BCUT2D eigenvalue weighted by Gasteiger charge is 2.17. The molecule has 1 heterocycles. The Balaban J connectivity index is 2.70. The average molecular weight is 169 g/mol. The molecular formula is C9H15NO2. The number of aliphatic hydroxyl groups excluding tert-OH is 1. The second-order valence-corrected chi connectivity index (χ2v) is 3.18. The van der Waals surface area contributed by atoms with Crippen molar-refractivity contribution in [2.75, 3.05) is 6.54 Å². The van der Waals surface area contributed by atoms with Crippen molar-refractivity contribution in [3.63, 3.8) is 0 Å². The summed E-state index contributed by atoms with van der Waals surface area (Å²) in [4.78, 5) is 0. The Morgan fingerprint density at radius 1 is 1.67 bits per heavy atom. The molecule has 0 aliphatic carbocycles. The van der Waals surface area contributed by atoms with E-state index in [0.717, 1.165) is 5.56 Å². The fourth-order valence-electron chi connectivity index (χ4n) is 1.02. The van der Waals surface area contributed by atoms with Gasteiger partial charge in [-0.25, -0.2) is 0 Å². The molecule has 0 aromatic carbocycles. The van der Waals surface area contributed by atoms with Gasteiger partial charge in [0.1, 0.15) is 11.9 Å². The molecule has 2 unspecified atom stereocenters. The summed E-state index contributed by atoms with van der Waals surface area (Å²) >= 11 is 0. The highest BCUT2D eigenvalue weighted by molar-refractivity contribution is 5.12. The van der Waals surface area contributed by atoms with E-state index >= 15 is 0 Å². The molecule has 1 aromatic heterocycles. The standard InChI is InChI=1S/C9H15NO2/c1-6-3-8(12-5-6)9(11)7(2)4-10/h3,5,7,9,11H,4,10H2,1-2H3. The van der Waals surface area contributed by atoms with Crippen molar-refractivity contribution in [2.24, 2.45) is 11.7 Å². The molecule has 1 rings (SSSR count). The van der Waals surface area contributed by atoms with Crippen LogP contribution in [0.4, 0.5) is 0 Å². The van der Waals surface area contributed by atoms with Crippen LogP contribution in [0.5, 0.6) is 0 Å². The summed E-state index contributed by atoms with van der Waals surface area (Å²) < 4.78 is 5.14. The molecule has 68 valence electrons. The van der Waals surface area contributed by atoms with E-state index in [0.29, 0.717) is 12.3 Å². The minimum atomic E-state index is -0.580. The van der Waals surface area contributed by atoms with Gasteiger partial charge in [0.15, 0.2) is 0 Å². The molecule has 3 heteroatoms. The quantitative estimate of drug-likeness (QED) is 0.715. The van der Waals surface area contributed by atoms with Gasteiger partial charge in [-0.3, -0.25) is 0 Å². The van der Waals surface area contributed by atoms with Crippen molar-refractivity contribution in [2.45, 2.75) is 20.0 Å². The van der Waals surface area contributed by atoms with Gasteiger partial charge in [-0.2, -0.15) is 0 Å². The number of nitrogens with two attached hydrogens (primary N) is 1. The van der Waals surface area contributed by atoms with Crippen LogP contribution in [0, 0.1) is 12.8 Å². The maximum Gasteiger partial charge on any atom is 0.132 e. The Kier molecular flexibility index (Phi) is 2.89. The molecule has 0 bridgehead atoms. The number of hydrogen-bond donors (Lipinski definition) is 2. The Labute approximate surface area is 72.2 Å². The van der Waals surface area contributed by atoms with Crippen LogP contribution < -0.4 is 5.73 Å². The van der Waals surface area contributed by atoms with Crippen molar-refractivity contribution in [1.29, 1.82) is 0 Å². The molecular weight excluding hydrogens is 154 g/mol. The summed E-state index contributed by atoms with van der Waals surface area (Å²) in [5, 5.41) is 9.63. The predicted octanol–water partition coefficient (Wildman–Crippen LogP) is 1.22. The molecule has 0 amide bonds. The zero-order valence-electron chi connectivity index (χ0n) is 7.45. The minimum absolute atomic E-state index is 0.0375. The first-order valence-corrected chi connectivity index (χ1v) is 4.08. The van der Waals surface area contributed by atoms with Gasteiger partial charge < -0.3 is 15.3 Å². The molecule has 3 N–H and O–H groups in total. The second-order valence-electron chi connectivity index (χ2n) is 3.18. The third-order valence-corrected chi connectivity index (χ3v) is 1.95. The summed E-state index contributed by atoms with van der Waals surface area (Å²) in [5.41, 5.74) is 6.44. The van der Waals surface area contributed by atoms with Crippen LogP contribution in [0.25, 0.3) is 0 Å². The maximum atomic E-state index is 9.63. The lowest BCUT2D eigenvalue weighted by Crippen LogP contribution is -2.18. The lowest BCUT2D eigenvalue weighted by atomic mass is 10.0. The fourth-order valence-corrected chi connectivity index (χ4v) is 1.02. The van der Waals surface area contributed by atoms with Gasteiger partial charge >= 0.3 is 0 Å². The average Bonchev–Trinajstić information content (AvgIpc) is 2.49. The SMILES string of the molecule is Cc1coc(C(O)C(C)CN)c1. The number of furan rings is 1. The summed E-state index contributed by atoms with van der Waals surface area (Å²) in [5.74, 6) is 0.640. The van der Waals surface area contributed by atoms with Gasteiger partial charge in [-0.05, 0) is 25.1 Å². The lowest BCUT2D eigenvalue weighted by molar-refractivity contribution is 0.0979. The molecule has 2 atom stereocenters. The van der Waals surface area contributed by atoms with Crippen molar-refractivity contribution < 1.29 is 9.52 Å². The normalized spacial score (nSPS) is 16.0. The van der Waals surface area contributed by atoms with Crippen LogP contribution in [-0.2, 0) is 0 Å². The smallest absolute Gasteiger partial charge is 0.132 e. The summed E-state index contributed by atoms with van der Waals surface area (Å²) in [6, 6.07) is 1.83. The van der Waals surface area contributed by atoms with E-state index in [2.05, 4.69) is 0 Å². The molecule has 0 saturated heterocycles. The molecule has 0 fully saturated rings. The zero-order valence-corrected chi connectivity index (χ0v) is 7.45. The second kappa shape index (κ2) is 3.74. The lowest BCUT2D eigenvalue weighted by Gasteiger charge is -2.13. The van der Waals surface area contributed by atoms with Crippen LogP contribution in [0.3, 0.4) is 0 Å². The van der Waals surface area contributed by atoms with E-state index in [9.17, 15) is 5.11 Å². The number of aliphatic hydroxyl groups is 1. The predicted molar refractivity (Wildman–Crippen MR) is 46.6 cm³/mol. The molecule has 12 heavy (non-hydrogen) atoms. The highest BCUT2D eigenvalue weighted by atomic mass is 16.4. The number of rotatable bonds is 3. The van der Waals surface area contributed by atoms with Crippen LogP contribution in [0.2, 0.25) is 0 Å². The van der Waals surface area contributed by atoms with Crippen LogP contribution >= 0.6 is 0 Å². The molecule has 0 spiro atoms. The van der Waals surface area contributed by atoms with E-state index in [-0.39, 0.29) is 5.92 Å². The van der Waals surface area contributed by atoms with Crippen LogP contribution in [-0.4, -0.2) is 11.7 Å². The summed E-state index contributed by atoms with van der Waals surface area (Å²) in [6.07, 6.45) is 1.05. The number of aryl methyl sites for hydroxylation is 1. The molecule has 0 saturated carbocycles. The summed E-state index contributed by atoms with van der Waals surface area (Å²) in [7, 11) is 0. The molecule has 0 aliphatic rings. The Morgan fingerprint density at radius 3 is 2.75 bits per heavy atom. The van der Waals surface area contributed by atoms with E-state index in [1.54, 1.807) is 6.26 Å². The van der Waals surface area contributed by atoms with Crippen LogP contribution in [0.15, 0.2) is 16.7 Å². The van der Waals surface area contributed by atoms with E-state index in [1.165, 1.54) is 0 Å². The van der Waals surface area contributed by atoms with E-state index in [1.807, 2.05) is 19.9 Å². The minimum Gasteiger partial charge on any atom is -0.466 e. The van der Waals surface area contributed by atoms with E-state index < -0.39 is 6.10 Å². The van der Waals surface area contributed by atoms with Gasteiger partial charge in [0.05, 0.1) is 6.26 Å². The van der Waals surface area contributed by atoms with Gasteiger partial charge in [0.2, 0.25) is 0 Å². The van der Waals surface area contributed by atoms with Crippen molar-refractivity contribution >= 4 is 0 Å². The van der Waals surface area contributed by atoms with Crippen molar-refractivity contribution in [3.05, 3.63) is 23.7 Å². The van der Waals surface area contributed by atoms with Crippen molar-refractivity contribution in [1.82, 2.24) is 0 Å². The van der Waals surface area contributed by atoms with Crippen molar-refractivity contribution in [3.8, 4) is 0 Å². The van der Waals surface area contributed by atoms with Gasteiger partial charge in [-0.15, -0.1) is 0 Å². The number of hydrogen-bond acceptors (Lipinski definition) is 3. The third kappa shape index (κ3) is 1.87. The van der Waals surface area contributed by atoms with Gasteiger partial charge in [0, 0.05) is 5.92 Å².